The average molecular weight is 681 g/mol. The van der Waals surface area contributed by atoms with E-state index in [1.54, 1.807) is 0 Å². The van der Waals surface area contributed by atoms with Gasteiger partial charge in [-0.2, -0.15) is 11.8 Å². The monoisotopic (exact) mass is 681 g/mol. The predicted molar refractivity (Wildman–Crippen MR) is 203 cm³/mol. The number of hydrogen-bond acceptors (Lipinski definition) is 5. The first-order valence-electron chi connectivity index (χ1n) is 21.0. The van der Waals surface area contributed by atoms with Crippen molar-refractivity contribution in [2.24, 2.45) is 5.41 Å². The number of aliphatic carboxylic acids is 2. The van der Waals surface area contributed by atoms with Crippen molar-refractivity contribution in [3.8, 4) is 0 Å². The minimum absolute atomic E-state index is 0.0219. The highest BCUT2D eigenvalue weighted by Gasteiger charge is 2.30. The van der Waals surface area contributed by atoms with Crippen molar-refractivity contribution in [1.82, 2.24) is 0 Å². The fourth-order valence-corrected chi connectivity index (χ4v) is 8.23. The van der Waals surface area contributed by atoms with E-state index in [1.807, 2.05) is 0 Å². The summed E-state index contributed by atoms with van der Waals surface area (Å²) in [6.07, 6.45) is 43.1. The molecule has 0 unspecified atom stereocenters. The summed E-state index contributed by atoms with van der Waals surface area (Å²) in [6.45, 7) is 4.55. The largest absolute Gasteiger partial charge is 0.550 e. The van der Waals surface area contributed by atoms with Crippen molar-refractivity contribution in [2.75, 3.05) is 11.5 Å². The van der Waals surface area contributed by atoms with Crippen molar-refractivity contribution >= 4 is 23.7 Å². The first-order valence-corrected chi connectivity index (χ1v) is 22.1. The maximum absolute atomic E-state index is 12.5. The molecular weight excluding hydrogens is 601 g/mol. The van der Waals surface area contributed by atoms with Gasteiger partial charge < -0.3 is 19.8 Å². The van der Waals surface area contributed by atoms with Crippen molar-refractivity contribution in [3.63, 3.8) is 0 Å². The molecule has 280 valence electrons. The maximum atomic E-state index is 12.5. The van der Waals surface area contributed by atoms with Crippen LogP contribution in [-0.2, 0) is 9.59 Å². The molecule has 47 heavy (non-hydrogen) atoms. The lowest BCUT2D eigenvalue weighted by molar-refractivity contribution is -0.319. The minimum atomic E-state index is -1.06. The molecule has 0 amide bonds. The van der Waals surface area contributed by atoms with E-state index in [2.05, 4.69) is 13.8 Å². The van der Waals surface area contributed by atoms with Crippen molar-refractivity contribution in [3.05, 3.63) is 0 Å². The Labute approximate surface area is 298 Å². The lowest BCUT2D eigenvalue weighted by Gasteiger charge is -2.35. The zero-order chi connectivity index (χ0) is 34.5. The smallest absolute Gasteiger partial charge is 0.0484 e. The molecule has 0 fully saturated rings. The number of hydrogen-bond donors (Lipinski definition) is 0. The van der Waals surface area contributed by atoms with E-state index >= 15 is 0 Å². The zero-order valence-corrected chi connectivity index (χ0v) is 32.5. The van der Waals surface area contributed by atoms with Gasteiger partial charge in [0.05, 0.1) is 0 Å². The van der Waals surface area contributed by atoms with E-state index in [-0.39, 0.29) is 6.42 Å². The summed E-state index contributed by atoms with van der Waals surface area (Å²) in [5.74, 6) is -1.12. The second-order valence-corrected chi connectivity index (χ2v) is 16.0. The molecule has 0 bridgehead atoms. The van der Waals surface area contributed by atoms with Crippen LogP contribution in [-0.4, -0.2) is 23.4 Å². The normalized spacial score (nSPS) is 11.8. The fraction of sp³-hybridized carbons (Fsp3) is 0.952. The van der Waals surface area contributed by atoms with Gasteiger partial charge in [-0.05, 0) is 25.0 Å². The lowest BCUT2D eigenvalue weighted by Crippen LogP contribution is -2.44. The Balaban J connectivity index is 4.09. The van der Waals surface area contributed by atoms with Gasteiger partial charge in [0.25, 0.3) is 0 Å². The average Bonchev–Trinajstić information content (AvgIpc) is 3.05. The van der Waals surface area contributed by atoms with Gasteiger partial charge in [0, 0.05) is 23.1 Å². The number of thioether (sulfide) groups is 1. The quantitative estimate of drug-likeness (QED) is 0.0602. The second kappa shape index (κ2) is 36.6. The number of carbonyl (C=O) groups excluding carboxylic acids is 2. The molecule has 0 aliphatic rings. The first-order chi connectivity index (χ1) is 23.0. The van der Waals surface area contributed by atoms with Gasteiger partial charge in [0.1, 0.15) is 0 Å². The highest BCUT2D eigenvalue weighted by Crippen LogP contribution is 2.35. The van der Waals surface area contributed by atoms with E-state index in [1.165, 1.54) is 192 Å². The van der Waals surface area contributed by atoms with E-state index in [0.717, 1.165) is 25.7 Å². The molecule has 0 aromatic carbocycles. The Morgan fingerprint density at radius 3 is 0.915 bits per heavy atom. The van der Waals surface area contributed by atoms with Crippen LogP contribution >= 0.6 is 11.8 Å². The van der Waals surface area contributed by atoms with Gasteiger partial charge >= 0.3 is 0 Å². The van der Waals surface area contributed by atoms with Gasteiger partial charge in [-0.25, -0.2) is 0 Å². The standard InChI is InChI=1S/C42H82O4S/c1-3-5-7-9-11-13-15-17-19-21-23-25-27-29-31-33-36-42(41(45)46,39-47-38-35-40(43)44)37-34-32-30-28-26-24-22-20-18-16-14-12-10-8-6-4-2/h3-39H2,1-2H3,(H,43,44)(H,45,46)/p-2. The minimum Gasteiger partial charge on any atom is -0.550 e. The Morgan fingerprint density at radius 2 is 0.681 bits per heavy atom. The molecule has 0 aromatic heterocycles. The summed E-state index contributed by atoms with van der Waals surface area (Å²) in [7, 11) is 0. The number of carboxylic acid groups (broad SMARTS) is 2. The van der Waals surface area contributed by atoms with Crippen LogP contribution in [0.2, 0.25) is 0 Å². The van der Waals surface area contributed by atoms with Crippen molar-refractivity contribution < 1.29 is 19.8 Å². The van der Waals surface area contributed by atoms with Crippen LogP contribution in [0.5, 0.6) is 0 Å². The van der Waals surface area contributed by atoms with Crippen molar-refractivity contribution in [2.45, 2.75) is 239 Å². The molecule has 0 aromatic rings. The molecule has 0 aliphatic heterocycles. The predicted octanol–water partition coefficient (Wildman–Crippen LogP) is 11.9. The number of carbonyl (C=O) groups is 2. The van der Waals surface area contributed by atoms with Crippen LogP contribution < -0.4 is 10.2 Å². The highest BCUT2D eigenvalue weighted by molar-refractivity contribution is 7.99. The third kappa shape index (κ3) is 32.3. The topological polar surface area (TPSA) is 80.3 Å². The number of rotatable bonds is 40. The van der Waals surface area contributed by atoms with E-state index in [0.29, 0.717) is 24.3 Å². The third-order valence-electron chi connectivity index (χ3n) is 10.3. The van der Waals surface area contributed by atoms with Gasteiger partial charge in [-0.3, -0.25) is 0 Å². The Bertz CT molecular complexity index is 631. The molecule has 4 nitrogen and oxygen atoms in total. The summed E-state index contributed by atoms with van der Waals surface area (Å²) in [5, 5.41) is 23.4. The molecule has 0 atom stereocenters. The molecule has 0 radical (unpaired) electrons. The van der Waals surface area contributed by atoms with Gasteiger partial charge in [0.2, 0.25) is 0 Å². The molecule has 0 N–H and O–H groups in total. The molecule has 0 saturated heterocycles. The van der Waals surface area contributed by atoms with Crippen LogP contribution in [0.1, 0.15) is 239 Å². The number of unbranched alkanes of at least 4 members (excludes halogenated alkanes) is 30. The van der Waals surface area contributed by atoms with Gasteiger partial charge in [0.15, 0.2) is 0 Å². The molecule has 0 saturated carbocycles. The lowest BCUT2D eigenvalue weighted by atomic mass is 9.79. The summed E-state index contributed by atoms with van der Waals surface area (Å²) in [5.41, 5.74) is -0.831. The van der Waals surface area contributed by atoms with Crippen molar-refractivity contribution in [1.29, 1.82) is 0 Å². The summed E-state index contributed by atoms with van der Waals surface area (Å²) in [4.78, 5) is 23.4. The van der Waals surface area contributed by atoms with Crippen LogP contribution in [0.15, 0.2) is 0 Å². The zero-order valence-electron chi connectivity index (χ0n) is 31.7. The highest BCUT2D eigenvalue weighted by atomic mass is 32.2. The summed E-state index contributed by atoms with van der Waals surface area (Å²) < 4.78 is 0. The number of carboxylic acids is 2. The van der Waals surface area contributed by atoms with E-state index in [9.17, 15) is 19.8 Å². The van der Waals surface area contributed by atoms with Gasteiger partial charge in [-0.15, -0.1) is 0 Å². The molecule has 5 heteroatoms. The van der Waals surface area contributed by atoms with Crippen LogP contribution in [0.3, 0.4) is 0 Å². The summed E-state index contributed by atoms with van der Waals surface area (Å²) in [6, 6.07) is 0. The maximum Gasteiger partial charge on any atom is 0.0484 e. The van der Waals surface area contributed by atoms with Gasteiger partial charge in [-0.1, -0.05) is 219 Å². The SMILES string of the molecule is CCCCCCCCCCCCCCCCCCC(CCCCCCCCCCCCCCCCCC)(CSCCC(=O)[O-])C(=O)[O-]. The molecule has 0 heterocycles. The third-order valence-corrected chi connectivity index (χ3v) is 11.5. The Hall–Kier alpha value is -0.710. The Morgan fingerprint density at radius 1 is 0.426 bits per heavy atom. The Kier molecular flexibility index (Phi) is 36.0. The fourth-order valence-electron chi connectivity index (χ4n) is 6.98. The molecule has 0 spiro atoms. The van der Waals surface area contributed by atoms with Crippen LogP contribution in [0.25, 0.3) is 0 Å². The second-order valence-electron chi connectivity index (χ2n) is 14.8. The van der Waals surface area contributed by atoms with E-state index < -0.39 is 17.4 Å². The van der Waals surface area contributed by atoms with Crippen LogP contribution in [0, 0.1) is 5.41 Å². The molecular formula is C42H80O4S-2. The molecule has 0 aliphatic carbocycles. The van der Waals surface area contributed by atoms with E-state index in [4.69, 9.17) is 0 Å². The molecule has 0 rings (SSSR count). The first kappa shape index (κ1) is 46.3. The summed E-state index contributed by atoms with van der Waals surface area (Å²) >= 11 is 1.45. The van der Waals surface area contributed by atoms with Crippen LogP contribution in [0.4, 0.5) is 0 Å².